The summed E-state index contributed by atoms with van der Waals surface area (Å²) in [6, 6.07) is 15.3. The molecule has 0 aliphatic heterocycles. The summed E-state index contributed by atoms with van der Waals surface area (Å²) in [6.07, 6.45) is 0. The Morgan fingerprint density at radius 2 is 1.63 bits per heavy atom. The van der Waals surface area contributed by atoms with Crippen LogP contribution in [0.5, 0.6) is 0 Å². The van der Waals surface area contributed by atoms with Crippen molar-refractivity contribution < 1.29 is 14.5 Å². The van der Waals surface area contributed by atoms with Gasteiger partial charge in [0.2, 0.25) is 0 Å². The number of quaternary nitrogens is 1. The molecule has 0 spiro atoms. The Morgan fingerprint density at radius 1 is 1.00 bits per heavy atom. The molecule has 1 unspecified atom stereocenters. The van der Waals surface area contributed by atoms with Crippen molar-refractivity contribution in [1.82, 2.24) is 4.90 Å². The third-order valence-corrected chi connectivity index (χ3v) is 4.68. The summed E-state index contributed by atoms with van der Waals surface area (Å²) >= 11 is 0. The molecule has 0 bridgehead atoms. The molecule has 5 nitrogen and oxygen atoms in total. The summed E-state index contributed by atoms with van der Waals surface area (Å²) in [5.74, 6) is -0.0239. The van der Waals surface area contributed by atoms with Gasteiger partial charge in [0.1, 0.15) is 6.54 Å². The molecule has 0 fully saturated rings. The van der Waals surface area contributed by atoms with Gasteiger partial charge in [-0.1, -0.05) is 24.3 Å². The van der Waals surface area contributed by atoms with E-state index in [1.807, 2.05) is 33.0 Å². The quantitative estimate of drug-likeness (QED) is 0.750. The summed E-state index contributed by atoms with van der Waals surface area (Å²) < 4.78 is 0. The molecule has 0 radical (unpaired) electrons. The van der Waals surface area contributed by atoms with Crippen LogP contribution in [-0.4, -0.2) is 43.4 Å². The average Bonchev–Trinajstić information content (AvgIpc) is 2.65. The molecule has 5 heteroatoms. The molecule has 0 heterocycles. The zero-order valence-corrected chi connectivity index (χ0v) is 16.7. The van der Waals surface area contributed by atoms with E-state index in [4.69, 9.17) is 0 Å². The number of hydrogen-bond acceptors (Lipinski definition) is 2. The van der Waals surface area contributed by atoms with Gasteiger partial charge in [-0.25, -0.2) is 0 Å². The molecule has 27 heavy (non-hydrogen) atoms. The molecule has 2 amide bonds. The van der Waals surface area contributed by atoms with Crippen molar-refractivity contribution in [3.63, 3.8) is 0 Å². The van der Waals surface area contributed by atoms with Crippen LogP contribution in [0.4, 0.5) is 5.69 Å². The first kappa shape index (κ1) is 20.6. The highest BCUT2D eigenvalue weighted by molar-refractivity contribution is 5.96. The molecule has 2 aromatic carbocycles. The van der Waals surface area contributed by atoms with E-state index in [-0.39, 0.29) is 11.8 Å². The lowest BCUT2D eigenvalue weighted by molar-refractivity contribution is -0.885. The molecule has 0 aliphatic rings. The molecule has 2 aromatic rings. The number of benzene rings is 2. The van der Waals surface area contributed by atoms with Crippen molar-refractivity contribution in [2.24, 2.45) is 0 Å². The highest BCUT2D eigenvalue weighted by Gasteiger charge is 2.14. The zero-order valence-electron chi connectivity index (χ0n) is 16.7. The molecular formula is C22H30N3O2+. The van der Waals surface area contributed by atoms with Gasteiger partial charge in [-0.05, 0) is 50.6 Å². The summed E-state index contributed by atoms with van der Waals surface area (Å²) in [4.78, 5) is 27.5. The molecule has 0 saturated carbocycles. The monoisotopic (exact) mass is 368 g/mol. The zero-order chi connectivity index (χ0) is 19.8. The number of aryl methyl sites for hydroxylation is 1. The number of anilines is 1. The van der Waals surface area contributed by atoms with Crippen LogP contribution in [0.15, 0.2) is 48.5 Å². The predicted molar refractivity (Wildman–Crippen MR) is 109 cm³/mol. The van der Waals surface area contributed by atoms with Crippen molar-refractivity contribution in [2.45, 2.75) is 27.3 Å². The molecule has 0 aliphatic carbocycles. The predicted octanol–water partition coefficient (Wildman–Crippen LogP) is 2.13. The average molecular weight is 369 g/mol. The second kappa shape index (κ2) is 9.88. The summed E-state index contributed by atoms with van der Waals surface area (Å²) in [5.41, 5.74) is 3.84. The van der Waals surface area contributed by atoms with Crippen molar-refractivity contribution in [2.75, 3.05) is 32.0 Å². The first-order chi connectivity index (χ1) is 12.9. The fourth-order valence-corrected chi connectivity index (χ4v) is 3.06. The molecule has 0 aromatic heterocycles. The van der Waals surface area contributed by atoms with Crippen molar-refractivity contribution in [3.8, 4) is 0 Å². The minimum Gasteiger partial charge on any atom is -0.339 e. The van der Waals surface area contributed by atoms with E-state index in [1.54, 1.807) is 29.2 Å². The number of carbonyl (C=O) groups is 2. The second-order valence-electron chi connectivity index (χ2n) is 6.84. The Hall–Kier alpha value is -2.66. The summed E-state index contributed by atoms with van der Waals surface area (Å²) in [5, 5.41) is 2.91. The van der Waals surface area contributed by atoms with Gasteiger partial charge in [-0.15, -0.1) is 0 Å². The molecule has 144 valence electrons. The molecular weight excluding hydrogens is 338 g/mol. The van der Waals surface area contributed by atoms with Crippen LogP contribution >= 0.6 is 0 Å². The van der Waals surface area contributed by atoms with Gasteiger partial charge in [0, 0.05) is 29.9 Å². The number of nitrogens with zero attached hydrogens (tertiary/aromatic N) is 1. The highest BCUT2D eigenvalue weighted by atomic mass is 16.2. The van der Waals surface area contributed by atoms with Crippen LogP contribution in [0.3, 0.4) is 0 Å². The van der Waals surface area contributed by atoms with E-state index in [0.717, 1.165) is 11.4 Å². The maximum absolute atomic E-state index is 12.3. The van der Waals surface area contributed by atoms with Gasteiger partial charge in [-0.2, -0.15) is 0 Å². The smallest absolute Gasteiger partial charge is 0.279 e. The van der Waals surface area contributed by atoms with Gasteiger partial charge in [0.25, 0.3) is 11.8 Å². The van der Waals surface area contributed by atoms with Crippen molar-refractivity contribution >= 4 is 17.5 Å². The lowest BCUT2D eigenvalue weighted by Gasteiger charge is -2.18. The van der Waals surface area contributed by atoms with Crippen LogP contribution in [0, 0.1) is 6.92 Å². The Balaban J connectivity index is 1.90. The third-order valence-electron chi connectivity index (χ3n) is 4.68. The van der Waals surface area contributed by atoms with Crippen LogP contribution < -0.4 is 10.2 Å². The molecule has 2 rings (SSSR count). The topological polar surface area (TPSA) is 53.9 Å². The molecule has 0 saturated heterocycles. The summed E-state index contributed by atoms with van der Waals surface area (Å²) in [7, 11) is 2.01. The lowest BCUT2D eigenvalue weighted by Crippen LogP contribution is -3.08. The maximum atomic E-state index is 12.3. The van der Waals surface area contributed by atoms with E-state index < -0.39 is 0 Å². The Bertz CT molecular complexity index is 767. The number of nitrogens with one attached hydrogen (secondary N) is 2. The van der Waals surface area contributed by atoms with E-state index in [9.17, 15) is 9.59 Å². The minimum atomic E-state index is -0.0381. The number of likely N-dealkylation sites (N-methyl/N-ethyl adjacent to an activating group) is 1. The summed E-state index contributed by atoms with van der Waals surface area (Å²) in [6.45, 7) is 8.57. The number of rotatable bonds is 8. The Labute approximate surface area is 162 Å². The normalized spacial score (nSPS) is 11.7. The van der Waals surface area contributed by atoms with Gasteiger partial charge in [0.05, 0.1) is 7.05 Å². The minimum absolute atomic E-state index is 0.0142. The van der Waals surface area contributed by atoms with Crippen LogP contribution in [-0.2, 0) is 11.3 Å². The van der Waals surface area contributed by atoms with Crippen LogP contribution in [0.25, 0.3) is 0 Å². The number of hydrogen-bond donors (Lipinski definition) is 2. The lowest BCUT2D eigenvalue weighted by atomic mass is 10.1. The van der Waals surface area contributed by atoms with E-state index >= 15 is 0 Å². The van der Waals surface area contributed by atoms with E-state index in [2.05, 4.69) is 24.4 Å². The molecule has 1 atom stereocenters. The Kier molecular flexibility index (Phi) is 7.55. The van der Waals surface area contributed by atoms with Gasteiger partial charge in [-0.3, -0.25) is 9.59 Å². The van der Waals surface area contributed by atoms with Crippen molar-refractivity contribution in [3.05, 3.63) is 65.2 Å². The first-order valence-electron chi connectivity index (χ1n) is 9.49. The largest absolute Gasteiger partial charge is 0.339 e. The van der Waals surface area contributed by atoms with Gasteiger partial charge in [0.15, 0.2) is 6.54 Å². The van der Waals surface area contributed by atoms with Crippen molar-refractivity contribution in [1.29, 1.82) is 0 Å². The third kappa shape index (κ3) is 5.93. The SMILES string of the molecule is CCN(CC)C(=O)c1ccc(NC(=O)C[NH+](C)Cc2ccccc2C)cc1. The van der Waals surface area contributed by atoms with Gasteiger partial charge >= 0.3 is 0 Å². The standard InChI is InChI=1S/C22H29N3O2/c1-5-25(6-2)22(27)18-11-13-20(14-12-18)23-21(26)16-24(4)15-19-10-8-7-9-17(19)3/h7-14H,5-6,15-16H2,1-4H3,(H,23,26)/p+1. The maximum Gasteiger partial charge on any atom is 0.279 e. The number of carbonyl (C=O) groups excluding carboxylic acids is 2. The van der Waals surface area contributed by atoms with E-state index in [0.29, 0.717) is 30.9 Å². The van der Waals surface area contributed by atoms with Gasteiger partial charge < -0.3 is 15.1 Å². The number of amides is 2. The first-order valence-corrected chi connectivity index (χ1v) is 9.49. The van der Waals surface area contributed by atoms with E-state index in [1.165, 1.54) is 11.1 Å². The molecule has 2 N–H and O–H groups in total. The Morgan fingerprint density at radius 3 is 2.22 bits per heavy atom. The highest BCUT2D eigenvalue weighted by Crippen LogP contribution is 2.11. The van der Waals surface area contributed by atoms with Crippen LogP contribution in [0.2, 0.25) is 0 Å². The second-order valence-corrected chi connectivity index (χ2v) is 6.84. The fourth-order valence-electron chi connectivity index (χ4n) is 3.06. The fraction of sp³-hybridized carbons (Fsp3) is 0.364. The van der Waals surface area contributed by atoms with Crippen LogP contribution in [0.1, 0.15) is 35.3 Å².